The summed E-state index contributed by atoms with van der Waals surface area (Å²) in [7, 11) is -3.12. The SMILES string of the molecule is CCS(=O)(=O)N1CCC(N(CC(=O)O)CC2CCCC2)CC1.Cl. The van der Waals surface area contributed by atoms with Gasteiger partial charge in [-0.15, -0.1) is 12.4 Å². The van der Waals surface area contributed by atoms with Gasteiger partial charge in [0.25, 0.3) is 0 Å². The van der Waals surface area contributed by atoms with Gasteiger partial charge < -0.3 is 5.11 Å². The second-order valence-electron chi connectivity index (χ2n) is 6.50. The van der Waals surface area contributed by atoms with Gasteiger partial charge in [-0.1, -0.05) is 12.8 Å². The lowest BCUT2D eigenvalue weighted by atomic mass is 10.0. The Morgan fingerprint density at radius 1 is 1.17 bits per heavy atom. The lowest BCUT2D eigenvalue weighted by Crippen LogP contribution is -2.49. The summed E-state index contributed by atoms with van der Waals surface area (Å²) in [5.41, 5.74) is 0. The van der Waals surface area contributed by atoms with E-state index in [1.54, 1.807) is 11.2 Å². The van der Waals surface area contributed by atoms with E-state index < -0.39 is 16.0 Å². The first-order chi connectivity index (χ1) is 10.4. The van der Waals surface area contributed by atoms with Gasteiger partial charge in [0.1, 0.15) is 0 Å². The van der Waals surface area contributed by atoms with Gasteiger partial charge in [-0.3, -0.25) is 9.69 Å². The van der Waals surface area contributed by atoms with Crippen LogP contribution in [0.4, 0.5) is 0 Å². The Balaban J connectivity index is 0.00000264. The molecular weight excluding hydrogens is 340 g/mol. The molecule has 0 aromatic rings. The van der Waals surface area contributed by atoms with Crippen molar-refractivity contribution in [2.45, 2.75) is 51.5 Å². The number of halogens is 1. The predicted octanol–water partition coefficient (Wildman–Crippen LogP) is 1.80. The highest BCUT2D eigenvalue weighted by Crippen LogP contribution is 2.28. The number of aliphatic carboxylic acids is 1. The lowest BCUT2D eigenvalue weighted by Gasteiger charge is -2.38. The Morgan fingerprint density at radius 2 is 1.74 bits per heavy atom. The molecule has 2 fully saturated rings. The molecule has 0 spiro atoms. The fourth-order valence-electron chi connectivity index (χ4n) is 3.71. The van der Waals surface area contributed by atoms with E-state index in [4.69, 9.17) is 5.11 Å². The monoisotopic (exact) mass is 368 g/mol. The summed E-state index contributed by atoms with van der Waals surface area (Å²) in [5, 5.41) is 9.16. The minimum absolute atomic E-state index is 0. The highest BCUT2D eigenvalue weighted by molar-refractivity contribution is 7.89. The van der Waals surface area contributed by atoms with Crippen molar-refractivity contribution in [2.24, 2.45) is 5.92 Å². The zero-order valence-corrected chi connectivity index (χ0v) is 15.4. The Kier molecular flexibility index (Phi) is 8.27. The number of hydrogen-bond donors (Lipinski definition) is 1. The number of carboxylic acid groups (broad SMARTS) is 1. The van der Waals surface area contributed by atoms with Gasteiger partial charge in [0.05, 0.1) is 12.3 Å². The van der Waals surface area contributed by atoms with Crippen molar-refractivity contribution < 1.29 is 18.3 Å². The number of nitrogens with zero attached hydrogens (tertiary/aromatic N) is 2. The summed E-state index contributed by atoms with van der Waals surface area (Å²) in [6.07, 6.45) is 6.36. The number of rotatable bonds is 7. The number of piperidine rings is 1. The highest BCUT2D eigenvalue weighted by atomic mass is 35.5. The first kappa shape index (κ1) is 20.7. The minimum atomic E-state index is -3.12. The van der Waals surface area contributed by atoms with Gasteiger partial charge in [-0.2, -0.15) is 0 Å². The highest BCUT2D eigenvalue weighted by Gasteiger charge is 2.31. The van der Waals surface area contributed by atoms with Crippen LogP contribution in [0.3, 0.4) is 0 Å². The summed E-state index contributed by atoms with van der Waals surface area (Å²) in [4.78, 5) is 13.2. The van der Waals surface area contributed by atoms with E-state index >= 15 is 0 Å². The molecule has 6 nitrogen and oxygen atoms in total. The number of sulfonamides is 1. The molecule has 1 N–H and O–H groups in total. The van der Waals surface area contributed by atoms with Crippen LogP contribution in [0, 0.1) is 5.92 Å². The van der Waals surface area contributed by atoms with E-state index in [2.05, 4.69) is 4.90 Å². The number of hydrogen-bond acceptors (Lipinski definition) is 4. The van der Waals surface area contributed by atoms with Crippen molar-refractivity contribution in [1.82, 2.24) is 9.21 Å². The van der Waals surface area contributed by atoms with Crippen molar-refractivity contribution in [3.63, 3.8) is 0 Å². The summed E-state index contributed by atoms with van der Waals surface area (Å²) >= 11 is 0. The molecule has 0 atom stereocenters. The number of carbonyl (C=O) groups is 1. The molecule has 1 aliphatic heterocycles. The van der Waals surface area contributed by atoms with Crippen LogP contribution < -0.4 is 0 Å². The second-order valence-corrected chi connectivity index (χ2v) is 8.76. The molecule has 1 saturated carbocycles. The van der Waals surface area contributed by atoms with Gasteiger partial charge in [0, 0.05) is 25.7 Å². The number of carboxylic acids is 1. The van der Waals surface area contributed by atoms with Crippen LogP contribution in [0.1, 0.15) is 45.4 Å². The first-order valence-corrected chi connectivity index (χ1v) is 9.97. The zero-order valence-electron chi connectivity index (χ0n) is 13.8. The fourth-order valence-corrected chi connectivity index (χ4v) is 4.84. The topological polar surface area (TPSA) is 77.9 Å². The van der Waals surface area contributed by atoms with E-state index in [0.29, 0.717) is 19.0 Å². The quantitative estimate of drug-likeness (QED) is 0.741. The normalized spacial score (nSPS) is 21.5. The smallest absolute Gasteiger partial charge is 0.317 e. The van der Waals surface area contributed by atoms with Crippen LogP contribution >= 0.6 is 12.4 Å². The third kappa shape index (κ3) is 5.89. The van der Waals surface area contributed by atoms with E-state index in [9.17, 15) is 13.2 Å². The van der Waals surface area contributed by atoms with Gasteiger partial charge in [0.2, 0.25) is 10.0 Å². The Morgan fingerprint density at radius 3 is 2.22 bits per heavy atom. The Bertz CT molecular complexity index is 472. The van der Waals surface area contributed by atoms with Crippen molar-refractivity contribution in [3.8, 4) is 0 Å². The van der Waals surface area contributed by atoms with Crippen LogP contribution in [0.15, 0.2) is 0 Å². The van der Waals surface area contributed by atoms with Crippen molar-refractivity contribution in [1.29, 1.82) is 0 Å². The molecule has 1 aliphatic carbocycles. The molecule has 0 unspecified atom stereocenters. The molecule has 2 aliphatic rings. The summed E-state index contributed by atoms with van der Waals surface area (Å²) < 4.78 is 25.4. The maximum Gasteiger partial charge on any atom is 0.317 e. The van der Waals surface area contributed by atoms with Gasteiger partial charge in [0.15, 0.2) is 0 Å². The lowest BCUT2D eigenvalue weighted by molar-refractivity contribution is -0.139. The van der Waals surface area contributed by atoms with E-state index in [-0.39, 0.29) is 30.7 Å². The Labute approximate surface area is 145 Å². The van der Waals surface area contributed by atoms with Crippen LogP contribution in [0.25, 0.3) is 0 Å². The third-order valence-electron chi connectivity index (χ3n) is 5.00. The molecule has 2 rings (SSSR count). The standard InChI is InChI=1S/C15H28N2O4S.ClH/c1-2-22(20,21)17-9-7-14(8-10-17)16(12-15(18)19)11-13-5-3-4-6-13;/h13-14H,2-12H2,1H3,(H,18,19);1H. The molecule has 1 saturated heterocycles. The molecule has 0 aromatic carbocycles. The molecule has 136 valence electrons. The van der Waals surface area contributed by atoms with Crippen molar-refractivity contribution >= 4 is 28.4 Å². The maximum absolute atomic E-state index is 11.9. The van der Waals surface area contributed by atoms with E-state index in [1.807, 2.05) is 0 Å². The van der Waals surface area contributed by atoms with E-state index in [0.717, 1.165) is 19.4 Å². The predicted molar refractivity (Wildman–Crippen MR) is 92.5 cm³/mol. The molecule has 0 aromatic heterocycles. The largest absolute Gasteiger partial charge is 0.480 e. The maximum atomic E-state index is 11.9. The van der Waals surface area contributed by atoms with Gasteiger partial charge in [-0.25, -0.2) is 12.7 Å². The fraction of sp³-hybridized carbons (Fsp3) is 0.933. The van der Waals surface area contributed by atoms with Crippen LogP contribution in [-0.4, -0.2) is 66.7 Å². The van der Waals surface area contributed by atoms with Gasteiger partial charge in [-0.05, 0) is 38.5 Å². The molecule has 1 heterocycles. The summed E-state index contributed by atoms with van der Waals surface area (Å²) in [6, 6.07) is 0.194. The molecule has 0 amide bonds. The van der Waals surface area contributed by atoms with Crippen LogP contribution in [0.5, 0.6) is 0 Å². The minimum Gasteiger partial charge on any atom is -0.480 e. The third-order valence-corrected chi connectivity index (χ3v) is 6.89. The average molecular weight is 369 g/mol. The van der Waals surface area contributed by atoms with E-state index in [1.165, 1.54) is 25.7 Å². The Hall–Kier alpha value is -0.370. The zero-order chi connectivity index (χ0) is 16.2. The van der Waals surface area contributed by atoms with Gasteiger partial charge >= 0.3 is 5.97 Å². The molecule has 0 bridgehead atoms. The molecule has 8 heteroatoms. The average Bonchev–Trinajstić information content (AvgIpc) is 2.99. The molecular formula is C15H29ClN2O4S. The summed E-state index contributed by atoms with van der Waals surface area (Å²) in [5.74, 6) is -0.0446. The summed E-state index contributed by atoms with van der Waals surface area (Å²) in [6.45, 7) is 3.61. The van der Waals surface area contributed by atoms with Crippen LogP contribution in [-0.2, 0) is 14.8 Å². The first-order valence-electron chi connectivity index (χ1n) is 8.36. The molecule has 0 radical (unpaired) electrons. The second kappa shape index (κ2) is 9.20. The van der Waals surface area contributed by atoms with Crippen LogP contribution in [0.2, 0.25) is 0 Å². The van der Waals surface area contributed by atoms with Crippen molar-refractivity contribution in [3.05, 3.63) is 0 Å². The molecule has 23 heavy (non-hydrogen) atoms. The van der Waals surface area contributed by atoms with Crippen molar-refractivity contribution in [2.75, 3.05) is 31.9 Å².